The van der Waals surface area contributed by atoms with Gasteiger partial charge in [-0.25, -0.2) is 9.97 Å². The van der Waals surface area contributed by atoms with Crippen LogP contribution in [0.5, 0.6) is 0 Å². The van der Waals surface area contributed by atoms with Crippen molar-refractivity contribution in [2.75, 3.05) is 17.2 Å². The number of nitrogens with two attached hydrogens (primary N) is 2. The summed E-state index contributed by atoms with van der Waals surface area (Å²) in [5, 5.41) is 0. The molecule has 2 atom stereocenters. The van der Waals surface area contributed by atoms with Crippen LogP contribution in [0.1, 0.15) is 32.3 Å². The standard InChI is InChI=1S/C13H21N5O/c1-3-10-11(14)16-7-17-13(10)18-6-9(12(15)19)5-4-8(18)2/h7-9H,3-6H2,1-2H3,(H2,15,19)(H2,14,16,17). The van der Waals surface area contributed by atoms with Crippen LogP contribution in [0.3, 0.4) is 0 Å². The summed E-state index contributed by atoms with van der Waals surface area (Å²) in [6.45, 7) is 4.77. The number of carbonyl (C=O) groups is 1. The summed E-state index contributed by atoms with van der Waals surface area (Å²) in [4.78, 5) is 21.9. The summed E-state index contributed by atoms with van der Waals surface area (Å²) in [5.74, 6) is 1.00. The maximum Gasteiger partial charge on any atom is 0.222 e. The second-order valence-corrected chi connectivity index (χ2v) is 5.09. The topological polar surface area (TPSA) is 98.1 Å². The summed E-state index contributed by atoms with van der Waals surface area (Å²) in [6.07, 6.45) is 4.02. The highest BCUT2D eigenvalue weighted by Gasteiger charge is 2.30. The molecule has 0 aliphatic carbocycles. The summed E-state index contributed by atoms with van der Waals surface area (Å²) in [5.41, 5.74) is 12.3. The van der Waals surface area contributed by atoms with Crippen LogP contribution in [0.2, 0.25) is 0 Å². The molecule has 0 saturated carbocycles. The molecule has 19 heavy (non-hydrogen) atoms. The van der Waals surface area contributed by atoms with Crippen molar-refractivity contribution in [3.8, 4) is 0 Å². The maximum atomic E-state index is 11.4. The van der Waals surface area contributed by atoms with Gasteiger partial charge in [-0.15, -0.1) is 0 Å². The smallest absolute Gasteiger partial charge is 0.222 e. The van der Waals surface area contributed by atoms with Gasteiger partial charge in [0.15, 0.2) is 0 Å². The van der Waals surface area contributed by atoms with Gasteiger partial charge in [-0.1, -0.05) is 6.92 Å². The van der Waals surface area contributed by atoms with Gasteiger partial charge in [0.05, 0.1) is 5.92 Å². The number of hydrogen-bond donors (Lipinski definition) is 2. The maximum absolute atomic E-state index is 11.4. The minimum Gasteiger partial charge on any atom is -0.383 e. The molecule has 1 aromatic rings. The summed E-state index contributed by atoms with van der Waals surface area (Å²) in [6, 6.07) is 0.329. The van der Waals surface area contributed by atoms with Gasteiger partial charge < -0.3 is 16.4 Å². The molecule has 1 aromatic heterocycles. The number of nitrogen functional groups attached to an aromatic ring is 1. The number of piperidine rings is 1. The fraction of sp³-hybridized carbons (Fsp3) is 0.615. The molecule has 0 radical (unpaired) electrons. The number of amides is 1. The van der Waals surface area contributed by atoms with Crippen LogP contribution in [0.4, 0.5) is 11.6 Å². The molecule has 2 unspecified atom stereocenters. The fourth-order valence-electron chi connectivity index (χ4n) is 2.64. The molecule has 6 heteroatoms. The minimum atomic E-state index is -0.239. The predicted octanol–water partition coefficient (Wildman–Crippen LogP) is 0.711. The zero-order valence-electron chi connectivity index (χ0n) is 11.5. The molecule has 2 heterocycles. The van der Waals surface area contributed by atoms with Crippen molar-refractivity contribution in [1.82, 2.24) is 9.97 Å². The lowest BCUT2D eigenvalue weighted by molar-refractivity contribution is -0.122. The Balaban J connectivity index is 2.33. The van der Waals surface area contributed by atoms with E-state index < -0.39 is 0 Å². The van der Waals surface area contributed by atoms with Crippen LogP contribution in [-0.2, 0) is 11.2 Å². The third-order valence-electron chi connectivity index (χ3n) is 3.87. The van der Waals surface area contributed by atoms with E-state index in [-0.39, 0.29) is 11.8 Å². The van der Waals surface area contributed by atoms with E-state index in [1.54, 1.807) is 0 Å². The number of primary amides is 1. The largest absolute Gasteiger partial charge is 0.383 e. The van der Waals surface area contributed by atoms with Gasteiger partial charge in [-0.3, -0.25) is 4.79 Å². The Morgan fingerprint density at radius 1 is 1.47 bits per heavy atom. The molecule has 2 rings (SSSR count). The first-order valence-corrected chi connectivity index (χ1v) is 6.69. The number of hydrogen-bond acceptors (Lipinski definition) is 5. The average molecular weight is 263 g/mol. The van der Waals surface area contributed by atoms with E-state index in [1.807, 2.05) is 6.92 Å². The van der Waals surface area contributed by atoms with Crippen LogP contribution in [0.25, 0.3) is 0 Å². The lowest BCUT2D eigenvalue weighted by Crippen LogP contribution is -2.46. The first-order valence-electron chi connectivity index (χ1n) is 6.69. The summed E-state index contributed by atoms with van der Waals surface area (Å²) < 4.78 is 0. The molecule has 6 nitrogen and oxygen atoms in total. The molecule has 104 valence electrons. The van der Waals surface area contributed by atoms with E-state index in [0.29, 0.717) is 18.4 Å². The molecule has 1 aliphatic heterocycles. The lowest BCUT2D eigenvalue weighted by atomic mass is 9.92. The highest BCUT2D eigenvalue weighted by atomic mass is 16.1. The Kier molecular flexibility index (Phi) is 3.87. The first kappa shape index (κ1) is 13.6. The molecular formula is C13H21N5O. The van der Waals surface area contributed by atoms with Crippen molar-refractivity contribution in [1.29, 1.82) is 0 Å². The fourth-order valence-corrected chi connectivity index (χ4v) is 2.64. The molecule has 1 fully saturated rings. The van der Waals surface area contributed by atoms with E-state index in [4.69, 9.17) is 11.5 Å². The SMILES string of the molecule is CCc1c(N)ncnc1N1CC(C(N)=O)CCC1C. The van der Waals surface area contributed by atoms with Crippen molar-refractivity contribution in [3.05, 3.63) is 11.9 Å². The van der Waals surface area contributed by atoms with Gasteiger partial charge in [0.1, 0.15) is 18.0 Å². The van der Waals surface area contributed by atoms with Crippen LogP contribution >= 0.6 is 0 Å². The number of rotatable bonds is 3. The third-order valence-corrected chi connectivity index (χ3v) is 3.87. The number of anilines is 2. The van der Waals surface area contributed by atoms with Crippen LogP contribution in [-0.4, -0.2) is 28.5 Å². The number of aromatic nitrogens is 2. The van der Waals surface area contributed by atoms with E-state index >= 15 is 0 Å². The highest BCUT2D eigenvalue weighted by molar-refractivity contribution is 5.77. The minimum absolute atomic E-state index is 0.114. The monoisotopic (exact) mass is 263 g/mol. The van der Waals surface area contributed by atoms with E-state index in [0.717, 1.165) is 30.6 Å². The second kappa shape index (κ2) is 5.42. The van der Waals surface area contributed by atoms with Gasteiger partial charge in [-0.2, -0.15) is 0 Å². The Morgan fingerprint density at radius 3 is 2.84 bits per heavy atom. The number of nitrogens with zero attached hydrogens (tertiary/aromatic N) is 3. The first-order chi connectivity index (χ1) is 9.04. The Labute approximate surface area is 113 Å². The Bertz CT molecular complexity index is 476. The van der Waals surface area contributed by atoms with E-state index in [9.17, 15) is 4.79 Å². The van der Waals surface area contributed by atoms with Crippen molar-refractivity contribution < 1.29 is 4.79 Å². The van der Waals surface area contributed by atoms with Crippen molar-refractivity contribution in [3.63, 3.8) is 0 Å². The average Bonchev–Trinajstić information content (AvgIpc) is 2.38. The number of carbonyl (C=O) groups excluding carboxylic acids is 1. The summed E-state index contributed by atoms with van der Waals surface area (Å²) >= 11 is 0. The molecule has 0 spiro atoms. The van der Waals surface area contributed by atoms with Gasteiger partial charge in [-0.05, 0) is 26.2 Å². The normalized spacial score (nSPS) is 23.4. The van der Waals surface area contributed by atoms with Crippen LogP contribution in [0.15, 0.2) is 6.33 Å². The molecule has 1 amide bonds. The molecule has 1 aliphatic rings. The molecule has 0 bridgehead atoms. The summed E-state index contributed by atoms with van der Waals surface area (Å²) in [7, 11) is 0. The molecule has 0 aromatic carbocycles. The van der Waals surface area contributed by atoms with Gasteiger partial charge >= 0.3 is 0 Å². The Hall–Kier alpha value is -1.85. The van der Waals surface area contributed by atoms with E-state index in [2.05, 4.69) is 21.8 Å². The zero-order valence-corrected chi connectivity index (χ0v) is 11.5. The van der Waals surface area contributed by atoms with Gasteiger partial charge in [0, 0.05) is 18.2 Å². The van der Waals surface area contributed by atoms with Crippen molar-refractivity contribution in [2.24, 2.45) is 11.7 Å². The lowest BCUT2D eigenvalue weighted by Gasteiger charge is -2.38. The molecular weight excluding hydrogens is 242 g/mol. The van der Waals surface area contributed by atoms with Crippen molar-refractivity contribution in [2.45, 2.75) is 39.2 Å². The zero-order chi connectivity index (χ0) is 14.0. The van der Waals surface area contributed by atoms with Crippen LogP contribution < -0.4 is 16.4 Å². The highest BCUT2D eigenvalue weighted by Crippen LogP contribution is 2.30. The van der Waals surface area contributed by atoms with Crippen molar-refractivity contribution >= 4 is 17.5 Å². The quantitative estimate of drug-likeness (QED) is 0.837. The molecule has 4 N–H and O–H groups in total. The van der Waals surface area contributed by atoms with Gasteiger partial charge in [0.2, 0.25) is 5.91 Å². The van der Waals surface area contributed by atoms with Gasteiger partial charge in [0.25, 0.3) is 0 Å². The third kappa shape index (κ3) is 2.62. The van der Waals surface area contributed by atoms with Crippen LogP contribution in [0, 0.1) is 5.92 Å². The predicted molar refractivity (Wildman–Crippen MR) is 74.5 cm³/mol. The Morgan fingerprint density at radius 2 is 2.21 bits per heavy atom. The van der Waals surface area contributed by atoms with E-state index in [1.165, 1.54) is 6.33 Å². The second-order valence-electron chi connectivity index (χ2n) is 5.09. The molecule has 1 saturated heterocycles.